The third-order valence-corrected chi connectivity index (χ3v) is 9.51. The van der Waals surface area contributed by atoms with Crippen LogP contribution in [0.25, 0.3) is 21.5 Å². The molecule has 244 valence electrons. The third-order valence-electron chi connectivity index (χ3n) is 6.84. The average Bonchev–Trinajstić information content (AvgIpc) is 2.97. The van der Waals surface area contributed by atoms with Crippen LogP contribution in [-0.2, 0) is 30.4 Å². The van der Waals surface area contributed by atoms with E-state index in [1.807, 2.05) is 0 Å². The molecule has 16 nitrogen and oxygen atoms in total. The zero-order valence-electron chi connectivity index (χ0n) is 24.1. The highest BCUT2D eigenvalue weighted by molar-refractivity contribution is 7.86. The van der Waals surface area contributed by atoms with E-state index in [0.717, 1.165) is 24.3 Å². The van der Waals surface area contributed by atoms with Crippen molar-refractivity contribution in [1.29, 1.82) is 0 Å². The Kier molecular flexibility index (Phi) is 8.47. The lowest BCUT2D eigenvalue weighted by Crippen LogP contribution is -2.03. The van der Waals surface area contributed by atoms with Crippen LogP contribution in [0.1, 0.15) is 5.56 Å². The molecule has 0 fully saturated rings. The molecule has 0 spiro atoms. The minimum Gasteiger partial charge on any atom is -0.505 e. The van der Waals surface area contributed by atoms with E-state index < -0.39 is 56.5 Å². The van der Waals surface area contributed by atoms with Crippen LogP contribution in [0.15, 0.2) is 102 Å². The van der Waals surface area contributed by atoms with Gasteiger partial charge in [0, 0.05) is 21.8 Å². The van der Waals surface area contributed by atoms with E-state index in [2.05, 4.69) is 20.5 Å². The fourth-order valence-electron chi connectivity index (χ4n) is 4.69. The quantitative estimate of drug-likeness (QED) is 0.0690. The molecule has 0 heterocycles. The van der Waals surface area contributed by atoms with Gasteiger partial charge >= 0.3 is 0 Å². The second-order valence-electron chi connectivity index (χ2n) is 9.98. The van der Waals surface area contributed by atoms with Crippen molar-refractivity contribution in [3.8, 4) is 11.5 Å². The number of benzene rings is 5. The van der Waals surface area contributed by atoms with Crippen LogP contribution >= 0.6 is 0 Å². The Morgan fingerprint density at radius 2 is 1.32 bits per heavy atom. The summed E-state index contributed by atoms with van der Waals surface area (Å²) in [5.74, 6) is -0.483. The number of rotatable bonds is 8. The summed E-state index contributed by atoms with van der Waals surface area (Å²) < 4.78 is 107. The number of fused-ring (bicyclic) bond motifs is 2. The molecule has 0 bridgehead atoms. The Morgan fingerprint density at radius 3 is 1.96 bits per heavy atom. The highest BCUT2D eigenvalue weighted by atomic mass is 32.2. The third kappa shape index (κ3) is 6.75. The summed E-state index contributed by atoms with van der Waals surface area (Å²) in [5, 5.41) is 26.8. The molecule has 0 aromatic heterocycles. The number of ether oxygens (including phenoxy) is 1. The molecule has 0 radical (unpaired) electrons. The molecule has 5 aromatic rings. The van der Waals surface area contributed by atoms with Gasteiger partial charge in [-0.3, -0.25) is 13.7 Å². The van der Waals surface area contributed by atoms with Crippen molar-refractivity contribution >= 4 is 80.3 Å². The molecular weight excluding hydrogens is 679 g/mol. The second kappa shape index (κ2) is 12.0. The molecule has 0 aliphatic heterocycles. The van der Waals surface area contributed by atoms with Crippen molar-refractivity contribution in [2.75, 3.05) is 12.8 Å². The first-order valence-electron chi connectivity index (χ1n) is 12.9. The van der Waals surface area contributed by atoms with E-state index in [9.17, 15) is 44.0 Å². The first-order valence-corrected chi connectivity index (χ1v) is 17.3. The average molecular weight is 702 g/mol. The lowest BCUT2D eigenvalue weighted by atomic mass is 10.1. The summed E-state index contributed by atoms with van der Waals surface area (Å²) in [5.41, 5.74) is 5.73. The van der Waals surface area contributed by atoms with Crippen LogP contribution in [0.4, 0.5) is 28.4 Å². The van der Waals surface area contributed by atoms with E-state index in [0.29, 0.717) is 5.56 Å². The number of aromatic hydroxyl groups is 1. The van der Waals surface area contributed by atoms with E-state index in [1.54, 1.807) is 6.92 Å². The molecule has 47 heavy (non-hydrogen) atoms. The molecule has 0 unspecified atom stereocenters. The number of nitrogen functional groups attached to an aromatic ring is 1. The zero-order valence-corrected chi connectivity index (χ0v) is 26.5. The number of aryl methyl sites for hydroxylation is 1. The van der Waals surface area contributed by atoms with Gasteiger partial charge in [0.25, 0.3) is 30.4 Å². The molecule has 0 aliphatic rings. The molecular formula is C28H23N5O11S3. The number of hydrogen-bond acceptors (Lipinski definition) is 13. The van der Waals surface area contributed by atoms with Gasteiger partial charge in [-0.2, -0.15) is 35.5 Å². The van der Waals surface area contributed by atoms with Gasteiger partial charge in [0.2, 0.25) is 0 Å². The number of nitrogens with zero attached hydrogens (tertiary/aromatic N) is 4. The predicted octanol–water partition coefficient (Wildman–Crippen LogP) is 6.17. The molecule has 5 aromatic carbocycles. The summed E-state index contributed by atoms with van der Waals surface area (Å²) in [4.78, 5) is -2.08. The number of azo groups is 2. The highest BCUT2D eigenvalue weighted by Crippen LogP contribution is 2.43. The molecule has 5 rings (SSSR count). The van der Waals surface area contributed by atoms with Crippen molar-refractivity contribution in [2.45, 2.75) is 21.6 Å². The van der Waals surface area contributed by atoms with Crippen LogP contribution < -0.4 is 10.5 Å². The van der Waals surface area contributed by atoms with Gasteiger partial charge in [0.1, 0.15) is 31.8 Å². The minimum absolute atomic E-state index is 0.0454. The summed E-state index contributed by atoms with van der Waals surface area (Å²) in [6.07, 6.45) is 0. The Balaban J connectivity index is 1.64. The Bertz CT molecular complexity index is 2520. The number of anilines is 1. The van der Waals surface area contributed by atoms with E-state index >= 15 is 0 Å². The molecule has 0 saturated carbocycles. The molecule has 6 N–H and O–H groups in total. The monoisotopic (exact) mass is 701 g/mol. The molecule has 0 saturated heterocycles. The normalized spacial score (nSPS) is 12.9. The largest absolute Gasteiger partial charge is 0.505 e. The topological polar surface area (TPSA) is 268 Å². The smallest absolute Gasteiger partial charge is 0.296 e. The van der Waals surface area contributed by atoms with Crippen LogP contribution in [-0.4, -0.2) is 51.1 Å². The van der Waals surface area contributed by atoms with Crippen LogP contribution in [0, 0.1) is 6.92 Å². The number of hydrogen-bond donors (Lipinski definition) is 5. The number of phenolic OH excluding ortho intramolecular Hbond substituents is 1. The highest BCUT2D eigenvalue weighted by Gasteiger charge is 2.23. The lowest BCUT2D eigenvalue weighted by molar-refractivity contribution is 0.415. The van der Waals surface area contributed by atoms with Gasteiger partial charge in [-0.05, 0) is 72.5 Å². The summed E-state index contributed by atoms with van der Waals surface area (Å²) in [6, 6.07) is 13.7. The van der Waals surface area contributed by atoms with Gasteiger partial charge in [0.15, 0.2) is 5.75 Å². The van der Waals surface area contributed by atoms with Crippen molar-refractivity contribution in [1.82, 2.24) is 0 Å². The number of nitrogens with two attached hydrogens (primary N) is 1. The van der Waals surface area contributed by atoms with Crippen molar-refractivity contribution < 1.29 is 48.8 Å². The van der Waals surface area contributed by atoms with Crippen LogP contribution in [0.2, 0.25) is 0 Å². The van der Waals surface area contributed by atoms with Crippen molar-refractivity contribution in [3.05, 3.63) is 72.3 Å². The minimum atomic E-state index is -4.91. The number of phenols is 1. The van der Waals surface area contributed by atoms with Gasteiger partial charge in [-0.25, -0.2) is 0 Å². The van der Waals surface area contributed by atoms with Crippen molar-refractivity contribution in [3.63, 3.8) is 0 Å². The maximum absolute atomic E-state index is 12.2. The maximum atomic E-state index is 12.2. The molecule has 19 heteroatoms. The van der Waals surface area contributed by atoms with E-state index in [-0.39, 0.29) is 50.0 Å². The van der Waals surface area contributed by atoms with Crippen molar-refractivity contribution in [2.24, 2.45) is 20.5 Å². The Labute approximate surface area is 267 Å². The SMILES string of the molecule is COc1cc(C)c(N=Nc2cc(S(=O)(=O)O)c3cccc(S(=O)(=O)O)c3c2)cc1N=Nc1c(S(=O)(=O)O)cc2cc(N)ccc2c1O. The fraction of sp³-hybridized carbons (Fsp3) is 0.0714. The maximum Gasteiger partial charge on any atom is 0.296 e. The first-order chi connectivity index (χ1) is 21.9. The molecule has 0 atom stereocenters. The summed E-state index contributed by atoms with van der Waals surface area (Å²) >= 11 is 0. The summed E-state index contributed by atoms with van der Waals surface area (Å²) in [7, 11) is -13.3. The van der Waals surface area contributed by atoms with Crippen LogP contribution in [0.5, 0.6) is 11.5 Å². The lowest BCUT2D eigenvalue weighted by Gasteiger charge is -2.10. The van der Waals surface area contributed by atoms with E-state index in [4.69, 9.17) is 10.5 Å². The zero-order chi connectivity index (χ0) is 34.5. The fourth-order valence-corrected chi connectivity index (χ4v) is 6.77. The Morgan fingerprint density at radius 1 is 0.660 bits per heavy atom. The number of methoxy groups -OCH3 is 1. The predicted molar refractivity (Wildman–Crippen MR) is 169 cm³/mol. The van der Waals surface area contributed by atoms with Gasteiger partial charge in [-0.15, -0.1) is 10.2 Å². The van der Waals surface area contributed by atoms with Gasteiger partial charge < -0.3 is 15.6 Å². The van der Waals surface area contributed by atoms with Crippen LogP contribution in [0.3, 0.4) is 0 Å². The Hall–Kier alpha value is -5.05. The first kappa shape index (κ1) is 33.3. The van der Waals surface area contributed by atoms with Gasteiger partial charge in [-0.1, -0.05) is 12.1 Å². The summed E-state index contributed by atoms with van der Waals surface area (Å²) in [6.45, 7) is 1.61. The van der Waals surface area contributed by atoms with E-state index in [1.165, 1.54) is 49.6 Å². The molecule has 0 amide bonds. The van der Waals surface area contributed by atoms with Gasteiger partial charge in [0.05, 0.1) is 18.5 Å². The standard InChI is InChI=1S/C28H23N5O11S3/c1-14-8-23(44-2)22(32-33-27-26(47(41,42)43)10-15-9-16(29)6-7-18(15)28(27)34)13-21(14)31-30-17-11-20-19(25(12-17)46(38,39)40)4-3-5-24(20)45(35,36)37/h3-13,34H,29H2,1-2H3,(H,35,36,37)(H,38,39,40)(H,41,42,43). The second-order valence-corrected chi connectivity index (χ2v) is 14.2. The molecule has 0 aliphatic carbocycles.